The average molecular weight is 239 g/mol. The third kappa shape index (κ3) is 2.27. The smallest absolute Gasteiger partial charge is 0.239 e. The second-order valence-corrected chi connectivity index (χ2v) is 5.36. The Labute approximate surface area is 99.6 Å². The molecule has 0 unspecified atom stereocenters. The van der Waals surface area contributed by atoms with Crippen LogP contribution in [0, 0.1) is 0 Å². The van der Waals surface area contributed by atoms with Crippen LogP contribution in [0.3, 0.4) is 0 Å². The molecule has 0 spiro atoms. The monoisotopic (exact) mass is 239 g/mol. The van der Waals surface area contributed by atoms with E-state index in [9.17, 15) is 0 Å². The third-order valence-electron chi connectivity index (χ3n) is 3.11. The fraction of sp³-hybridized carbons (Fsp3) is 0.800. The maximum absolute atomic E-state index is 4.54. The van der Waals surface area contributed by atoms with Crippen molar-refractivity contribution >= 4 is 22.6 Å². The standard InChI is InChI=1S/C10H17N5S/c1-14-4-6-15(7-5-14)9-12-10(16-13-9)11-8-2-3-8/h8H,2-7H2,1H3,(H,11,12,13). The minimum absolute atomic E-state index is 0.660. The Morgan fingerprint density at radius 3 is 2.69 bits per heavy atom. The molecule has 1 aliphatic heterocycles. The second-order valence-electron chi connectivity index (χ2n) is 4.61. The summed E-state index contributed by atoms with van der Waals surface area (Å²) in [7, 11) is 2.16. The van der Waals surface area contributed by atoms with Gasteiger partial charge in [0.15, 0.2) is 0 Å². The number of anilines is 2. The Morgan fingerprint density at radius 2 is 2.00 bits per heavy atom. The zero-order chi connectivity index (χ0) is 11.0. The first-order valence-electron chi connectivity index (χ1n) is 5.85. The molecule has 1 saturated carbocycles. The summed E-state index contributed by atoms with van der Waals surface area (Å²) in [6.45, 7) is 4.28. The van der Waals surface area contributed by atoms with Gasteiger partial charge in [-0.05, 0) is 19.9 Å². The summed E-state index contributed by atoms with van der Waals surface area (Å²) in [6.07, 6.45) is 2.56. The average Bonchev–Trinajstić information content (AvgIpc) is 2.97. The zero-order valence-electron chi connectivity index (χ0n) is 9.52. The quantitative estimate of drug-likeness (QED) is 0.847. The Balaban J connectivity index is 1.62. The van der Waals surface area contributed by atoms with E-state index in [0.717, 1.165) is 37.3 Å². The van der Waals surface area contributed by atoms with Crippen molar-refractivity contribution in [3.8, 4) is 0 Å². The molecule has 3 rings (SSSR count). The molecule has 5 nitrogen and oxygen atoms in total. The number of likely N-dealkylation sites (N-methyl/N-ethyl adjacent to an activating group) is 1. The molecule has 0 atom stereocenters. The highest BCUT2D eigenvalue weighted by Crippen LogP contribution is 2.27. The molecule has 2 aliphatic rings. The van der Waals surface area contributed by atoms with E-state index in [4.69, 9.17) is 0 Å². The molecule has 0 aromatic carbocycles. The number of hydrogen-bond donors (Lipinski definition) is 1. The number of hydrogen-bond acceptors (Lipinski definition) is 6. The van der Waals surface area contributed by atoms with Crippen LogP contribution in [-0.4, -0.2) is 53.5 Å². The van der Waals surface area contributed by atoms with Crippen molar-refractivity contribution in [3.63, 3.8) is 0 Å². The lowest BCUT2D eigenvalue weighted by Gasteiger charge is -2.31. The van der Waals surface area contributed by atoms with Gasteiger partial charge in [0.05, 0.1) is 0 Å². The SMILES string of the molecule is CN1CCN(c2nsc(NC3CC3)n2)CC1. The number of aromatic nitrogens is 2. The van der Waals surface area contributed by atoms with Gasteiger partial charge in [-0.3, -0.25) is 0 Å². The van der Waals surface area contributed by atoms with E-state index in [1.807, 2.05) is 0 Å². The summed E-state index contributed by atoms with van der Waals surface area (Å²) in [6, 6.07) is 0.660. The molecule has 6 heteroatoms. The van der Waals surface area contributed by atoms with E-state index >= 15 is 0 Å². The molecular formula is C10H17N5S. The Hall–Kier alpha value is -0.880. The van der Waals surface area contributed by atoms with Gasteiger partial charge < -0.3 is 15.1 Å². The highest BCUT2D eigenvalue weighted by atomic mass is 32.1. The maximum atomic E-state index is 4.54. The van der Waals surface area contributed by atoms with Crippen LogP contribution in [0.5, 0.6) is 0 Å². The van der Waals surface area contributed by atoms with Crippen LogP contribution < -0.4 is 10.2 Å². The minimum atomic E-state index is 0.660. The van der Waals surface area contributed by atoms with Gasteiger partial charge in [-0.25, -0.2) is 0 Å². The molecular weight excluding hydrogens is 222 g/mol. The molecule has 16 heavy (non-hydrogen) atoms. The van der Waals surface area contributed by atoms with E-state index in [1.54, 1.807) is 0 Å². The van der Waals surface area contributed by atoms with E-state index in [2.05, 4.69) is 31.5 Å². The molecule has 2 heterocycles. The lowest BCUT2D eigenvalue weighted by atomic mass is 10.3. The number of rotatable bonds is 3. The van der Waals surface area contributed by atoms with E-state index in [1.165, 1.54) is 24.4 Å². The lowest BCUT2D eigenvalue weighted by molar-refractivity contribution is 0.311. The Morgan fingerprint density at radius 1 is 1.25 bits per heavy atom. The van der Waals surface area contributed by atoms with E-state index in [0.29, 0.717) is 6.04 Å². The van der Waals surface area contributed by atoms with Crippen molar-refractivity contribution in [2.45, 2.75) is 18.9 Å². The van der Waals surface area contributed by atoms with Gasteiger partial charge in [-0.1, -0.05) is 0 Å². The highest BCUT2D eigenvalue weighted by molar-refractivity contribution is 7.09. The molecule has 0 bridgehead atoms. The van der Waals surface area contributed by atoms with Crippen LogP contribution >= 0.6 is 11.5 Å². The van der Waals surface area contributed by atoms with Gasteiger partial charge in [-0.2, -0.15) is 9.36 Å². The highest BCUT2D eigenvalue weighted by Gasteiger charge is 2.23. The van der Waals surface area contributed by atoms with E-state index in [-0.39, 0.29) is 0 Å². The van der Waals surface area contributed by atoms with Gasteiger partial charge in [-0.15, -0.1) is 0 Å². The van der Waals surface area contributed by atoms with Crippen LogP contribution in [0.1, 0.15) is 12.8 Å². The summed E-state index contributed by atoms with van der Waals surface area (Å²) in [4.78, 5) is 9.15. The van der Waals surface area contributed by atoms with Crippen LogP contribution in [0.4, 0.5) is 11.1 Å². The Bertz CT molecular complexity index is 354. The topological polar surface area (TPSA) is 44.3 Å². The second kappa shape index (κ2) is 4.18. The van der Waals surface area contributed by atoms with Crippen molar-refractivity contribution in [3.05, 3.63) is 0 Å². The summed E-state index contributed by atoms with van der Waals surface area (Å²) in [5.74, 6) is 0.904. The molecule has 1 N–H and O–H groups in total. The van der Waals surface area contributed by atoms with Crippen molar-refractivity contribution in [1.29, 1.82) is 0 Å². The van der Waals surface area contributed by atoms with Crippen molar-refractivity contribution in [1.82, 2.24) is 14.3 Å². The lowest BCUT2D eigenvalue weighted by Crippen LogP contribution is -2.44. The number of nitrogens with zero attached hydrogens (tertiary/aromatic N) is 4. The normalized spacial score (nSPS) is 22.4. The van der Waals surface area contributed by atoms with Crippen LogP contribution in [0.15, 0.2) is 0 Å². The summed E-state index contributed by atoms with van der Waals surface area (Å²) >= 11 is 1.48. The predicted molar refractivity (Wildman–Crippen MR) is 66.3 cm³/mol. The molecule has 0 amide bonds. The summed E-state index contributed by atoms with van der Waals surface area (Å²) in [5.41, 5.74) is 0. The number of piperazine rings is 1. The van der Waals surface area contributed by atoms with Gasteiger partial charge in [0.1, 0.15) is 0 Å². The first-order valence-corrected chi connectivity index (χ1v) is 6.62. The molecule has 1 aliphatic carbocycles. The first-order chi connectivity index (χ1) is 7.81. The fourth-order valence-corrected chi connectivity index (χ4v) is 2.48. The largest absolute Gasteiger partial charge is 0.358 e. The molecule has 2 fully saturated rings. The van der Waals surface area contributed by atoms with Crippen LogP contribution in [0.25, 0.3) is 0 Å². The molecule has 1 aromatic rings. The first kappa shape index (κ1) is 10.3. The fourth-order valence-electron chi connectivity index (χ4n) is 1.81. The summed E-state index contributed by atoms with van der Waals surface area (Å²) < 4.78 is 4.42. The summed E-state index contributed by atoms with van der Waals surface area (Å²) in [5, 5.41) is 4.37. The van der Waals surface area contributed by atoms with Crippen LogP contribution in [0.2, 0.25) is 0 Å². The van der Waals surface area contributed by atoms with E-state index < -0.39 is 0 Å². The molecule has 1 saturated heterocycles. The molecule has 1 aromatic heterocycles. The van der Waals surface area contributed by atoms with Crippen LogP contribution in [-0.2, 0) is 0 Å². The molecule has 88 valence electrons. The zero-order valence-corrected chi connectivity index (χ0v) is 10.3. The van der Waals surface area contributed by atoms with Gasteiger partial charge in [0.2, 0.25) is 11.1 Å². The molecule has 0 radical (unpaired) electrons. The predicted octanol–water partition coefficient (Wildman–Crippen LogP) is 0.864. The van der Waals surface area contributed by atoms with Crippen molar-refractivity contribution in [2.24, 2.45) is 0 Å². The van der Waals surface area contributed by atoms with Crippen molar-refractivity contribution < 1.29 is 0 Å². The van der Waals surface area contributed by atoms with Crippen molar-refractivity contribution in [2.75, 3.05) is 43.4 Å². The minimum Gasteiger partial charge on any atom is -0.358 e. The third-order valence-corrected chi connectivity index (χ3v) is 3.74. The van der Waals surface area contributed by atoms with Gasteiger partial charge >= 0.3 is 0 Å². The van der Waals surface area contributed by atoms with Gasteiger partial charge in [0, 0.05) is 43.8 Å². The van der Waals surface area contributed by atoms with Gasteiger partial charge in [0.25, 0.3) is 0 Å². The Kier molecular flexibility index (Phi) is 2.69. The maximum Gasteiger partial charge on any atom is 0.239 e. The number of nitrogens with one attached hydrogen (secondary N) is 1.